The molecule has 1 aliphatic rings. The number of nitro groups is 1. The van der Waals surface area contributed by atoms with Gasteiger partial charge in [0.25, 0.3) is 5.69 Å². The average Bonchev–Trinajstić information content (AvgIpc) is 2.99. The fourth-order valence-electron chi connectivity index (χ4n) is 2.73. The second-order valence-electron chi connectivity index (χ2n) is 6.42. The highest BCUT2D eigenvalue weighted by molar-refractivity contribution is 7.88. The lowest BCUT2D eigenvalue weighted by atomic mass is 10.2. The van der Waals surface area contributed by atoms with Crippen LogP contribution < -0.4 is 4.72 Å². The minimum atomic E-state index is -3.26. The summed E-state index contributed by atoms with van der Waals surface area (Å²) in [6.07, 6.45) is 1.19. The maximum Gasteiger partial charge on any atom is 0.410 e. The zero-order chi connectivity index (χ0) is 20.7. The van der Waals surface area contributed by atoms with E-state index in [0.29, 0.717) is 18.5 Å². The highest BCUT2D eigenvalue weighted by Crippen LogP contribution is 2.23. The number of carbonyl (C=O) groups is 1. The number of carbonyl (C=O) groups excluding carboxylic acids is 1. The van der Waals surface area contributed by atoms with E-state index in [9.17, 15) is 23.3 Å². The largest absolute Gasteiger partial charge is 0.445 e. The zero-order valence-electron chi connectivity index (χ0n) is 15.3. The first-order valence-corrected chi connectivity index (χ1v) is 10.9. The van der Waals surface area contributed by atoms with Crippen molar-refractivity contribution in [2.75, 3.05) is 32.6 Å². The first kappa shape index (κ1) is 22.4. The highest BCUT2D eigenvalue weighted by Gasteiger charge is 2.34. The lowest BCUT2D eigenvalue weighted by Crippen LogP contribution is -2.39. The molecule has 0 unspecified atom stereocenters. The summed E-state index contributed by atoms with van der Waals surface area (Å²) in [5.41, 5.74) is 0.607. The standard InChI is InChI=1S/C16H23N3O7S2/c1-28(23,24)17-6-7-25-11-14-8-15(27)9-18(14)16(20)26-10-12-2-4-13(5-3-12)19(21)22/h2-5,14-15,17,27H,6-11H2,1H3/t14-,15-/m0/s1. The molecule has 0 radical (unpaired) electrons. The second-order valence-corrected chi connectivity index (χ2v) is 8.98. The fraction of sp³-hybridized carbons (Fsp3) is 0.562. The molecular formula is C16H23N3O7S2. The van der Waals surface area contributed by atoms with E-state index in [1.807, 2.05) is 0 Å². The molecule has 0 saturated carbocycles. The van der Waals surface area contributed by atoms with Gasteiger partial charge in [0.05, 0.1) is 30.4 Å². The van der Waals surface area contributed by atoms with Crippen molar-refractivity contribution >= 4 is 34.4 Å². The van der Waals surface area contributed by atoms with Crippen LogP contribution in [0.2, 0.25) is 0 Å². The first-order chi connectivity index (χ1) is 13.2. The van der Waals surface area contributed by atoms with Crippen LogP contribution in [0.15, 0.2) is 24.3 Å². The van der Waals surface area contributed by atoms with Crippen LogP contribution in [0.1, 0.15) is 12.0 Å². The summed E-state index contributed by atoms with van der Waals surface area (Å²) < 4.78 is 35.1. The number of rotatable bonds is 9. The summed E-state index contributed by atoms with van der Waals surface area (Å²) >= 11 is 4.41. The predicted molar refractivity (Wildman–Crippen MR) is 105 cm³/mol. The molecule has 1 heterocycles. The maximum atomic E-state index is 12.4. The predicted octanol–water partition coefficient (Wildman–Crippen LogP) is 1.17. The Balaban J connectivity index is 1.80. The Hall–Kier alpha value is -1.89. The molecule has 0 aromatic heterocycles. The molecule has 0 spiro atoms. The Morgan fingerprint density at radius 3 is 2.68 bits per heavy atom. The third kappa shape index (κ3) is 7.26. The molecule has 10 nitrogen and oxygen atoms in total. The number of nitro benzene ring substituents is 1. The number of amides is 1. The van der Waals surface area contributed by atoms with E-state index in [2.05, 4.69) is 17.4 Å². The van der Waals surface area contributed by atoms with E-state index in [1.165, 1.54) is 29.2 Å². The molecule has 156 valence electrons. The summed E-state index contributed by atoms with van der Waals surface area (Å²) in [4.78, 5) is 24.1. The first-order valence-electron chi connectivity index (χ1n) is 8.53. The van der Waals surface area contributed by atoms with Gasteiger partial charge in [0, 0.05) is 30.5 Å². The number of benzene rings is 1. The number of hydrogen-bond acceptors (Lipinski definition) is 8. The minimum absolute atomic E-state index is 0.00355. The van der Waals surface area contributed by atoms with Crippen molar-refractivity contribution in [3.8, 4) is 0 Å². The fourth-order valence-corrected chi connectivity index (χ4v) is 3.61. The smallest absolute Gasteiger partial charge is 0.410 e. The number of nitrogens with zero attached hydrogens (tertiary/aromatic N) is 2. The van der Waals surface area contributed by atoms with Crippen molar-refractivity contribution in [2.24, 2.45) is 0 Å². The van der Waals surface area contributed by atoms with Gasteiger partial charge in [0.2, 0.25) is 10.0 Å². The van der Waals surface area contributed by atoms with Gasteiger partial charge >= 0.3 is 6.09 Å². The third-order valence-corrected chi connectivity index (χ3v) is 5.16. The van der Waals surface area contributed by atoms with Crippen LogP contribution in [0.5, 0.6) is 0 Å². The molecule has 1 saturated heterocycles. The molecule has 1 aliphatic heterocycles. The summed E-state index contributed by atoms with van der Waals surface area (Å²) in [5, 5.41) is 10.7. The zero-order valence-corrected chi connectivity index (χ0v) is 17.0. The van der Waals surface area contributed by atoms with Crippen molar-refractivity contribution in [2.45, 2.75) is 24.3 Å². The Labute approximate surface area is 168 Å². The van der Waals surface area contributed by atoms with Gasteiger partial charge in [0.1, 0.15) is 6.61 Å². The second kappa shape index (κ2) is 10.0. The summed E-state index contributed by atoms with van der Waals surface area (Å²) in [7, 11) is -3.26. The molecule has 28 heavy (non-hydrogen) atoms. The number of thiol groups is 1. The molecule has 12 heteroatoms. The Bertz CT molecular complexity index is 786. The van der Waals surface area contributed by atoms with Gasteiger partial charge in [-0.1, -0.05) is 0 Å². The maximum absolute atomic E-state index is 12.4. The molecule has 0 bridgehead atoms. The normalized spacial score (nSPS) is 19.6. The van der Waals surface area contributed by atoms with Gasteiger partial charge in [-0.25, -0.2) is 17.9 Å². The summed E-state index contributed by atoms with van der Waals surface area (Å²) in [6, 6.07) is 5.55. The van der Waals surface area contributed by atoms with Gasteiger partial charge in [0.15, 0.2) is 0 Å². The van der Waals surface area contributed by atoms with Crippen LogP contribution in [-0.2, 0) is 26.1 Å². The van der Waals surface area contributed by atoms with Crippen LogP contribution in [0.25, 0.3) is 0 Å². The Kier molecular flexibility index (Phi) is 8.04. The molecule has 1 aromatic rings. The van der Waals surface area contributed by atoms with Crippen molar-refractivity contribution in [1.82, 2.24) is 9.62 Å². The minimum Gasteiger partial charge on any atom is -0.445 e. The number of hydrogen-bond donors (Lipinski definition) is 2. The van der Waals surface area contributed by atoms with Gasteiger partial charge in [-0.2, -0.15) is 12.6 Å². The van der Waals surface area contributed by atoms with Crippen LogP contribution in [0.3, 0.4) is 0 Å². The number of non-ortho nitro benzene ring substituents is 1. The van der Waals surface area contributed by atoms with Crippen molar-refractivity contribution in [1.29, 1.82) is 0 Å². The van der Waals surface area contributed by atoms with Gasteiger partial charge in [-0.3, -0.25) is 10.1 Å². The van der Waals surface area contributed by atoms with E-state index in [4.69, 9.17) is 9.47 Å². The number of sulfonamides is 1. The van der Waals surface area contributed by atoms with Crippen LogP contribution in [0, 0.1) is 10.1 Å². The molecule has 2 rings (SSSR count). The lowest BCUT2D eigenvalue weighted by molar-refractivity contribution is -0.384. The van der Waals surface area contributed by atoms with Crippen LogP contribution in [0.4, 0.5) is 10.5 Å². The average molecular weight is 434 g/mol. The van der Waals surface area contributed by atoms with Crippen LogP contribution in [-0.4, -0.2) is 68.2 Å². The summed E-state index contributed by atoms with van der Waals surface area (Å²) in [6.45, 7) is 0.996. The van der Waals surface area contributed by atoms with Crippen molar-refractivity contribution in [3.05, 3.63) is 39.9 Å². The molecule has 1 N–H and O–H groups in total. The third-order valence-electron chi connectivity index (χ3n) is 4.06. The van der Waals surface area contributed by atoms with E-state index < -0.39 is 21.0 Å². The highest BCUT2D eigenvalue weighted by atomic mass is 32.2. The van der Waals surface area contributed by atoms with Gasteiger partial charge < -0.3 is 14.4 Å². The van der Waals surface area contributed by atoms with E-state index in [1.54, 1.807) is 0 Å². The lowest BCUT2D eigenvalue weighted by Gasteiger charge is -2.23. The Morgan fingerprint density at radius 2 is 2.07 bits per heavy atom. The number of ether oxygens (including phenoxy) is 2. The molecule has 2 atom stereocenters. The topological polar surface area (TPSA) is 128 Å². The monoisotopic (exact) mass is 433 g/mol. The molecule has 0 aliphatic carbocycles. The molecule has 1 aromatic carbocycles. The van der Waals surface area contributed by atoms with Crippen molar-refractivity contribution in [3.63, 3.8) is 0 Å². The van der Waals surface area contributed by atoms with Crippen molar-refractivity contribution < 1.29 is 27.6 Å². The summed E-state index contributed by atoms with van der Waals surface area (Å²) in [5.74, 6) is 0. The molecule has 1 fully saturated rings. The van der Waals surface area contributed by atoms with E-state index in [-0.39, 0.29) is 43.3 Å². The van der Waals surface area contributed by atoms with Gasteiger partial charge in [-0.05, 0) is 24.1 Å². The van der Waals surface area contributed by atoms with E-state index in [0.717, 1.165) is 6.26 Å². The quantitative estimate of drug-likeness (QED) is 0.259. The molecular weight excluding hydrogens is 410 g/mol. The van der Waals surface area contributed by atoms with Crippen LogP contribution >= 0.6 is 12.6 Å². The number of nitrogens with one attached hydrogen (secondary N) is 1. The Morgan fingerprint density at radius 1 is 1.39 bits per heavy atom. The number of likely N-dealkylation sites (tertiary alicyclic amines) is 1. The SMILES string of the molecule is CS(=O)(=O)NCCOC[C@@H]1C[C@H](S)CN1C(=O)OCc1ccc([N+](=O)[O-])cc1. The van der Waals surface area contributed by atoms with E-state index >= 15 is 0 Å². The van der Waals surface area contributed by atoms with Gasteiger partial charge in [-0.15, -0.1) is 0 Å². The molecule has 1 amide bonds.